The quantitative estimate of drug-likeness (QED) is 0.487. The van der Waals surface area contributed by atoms with Gasteiger partial charge in [0.2, 0.25) is 0 Å². The lowest BCUT2D eigenvalue weighted by molar-refractivity contribution is 0.0688. The van der Waals surface area contributed by atoms with E-state index in [4.69, 9.17) is 4.42 Å². The Morgan fingerprint density at radius 3 is 2.58 bits per heavy atom. The molecule has 2 amide bonds. The van der Waals surface area contributed by atoms with Crippen LogP contribution in [0.25, 0.3) is 0 Å². The first-order valence-electron chi connectivity index (χ1n) is 11.6. The summed E-state index contributed by atoms with van der Waals surface area (Å²) >= 11 is 0. The number of aromatic nitrogens is 1. The van der Waals surface area contributed by atoms with Crippen LogP contribution in [0.3, 0.4) is 0 Å². The number of likely N-dealkylation sites (tertiary alicyclic amines) is 1. The lowest BCUT2D eigenvalue weighted by Crippen LogP contribution is -2.35. The summed E-state index contributed by atoms with van der Waals surface area (Å²) in [5.41, 5.74) is 0.990. The molecule has 33 heavy (non-hydrogen) atoms. The van der Waals surface area contributed by atoms with Gasteiger partial charge in [-0.15, -0.1) is 0 Å². The molecule has 0 unspecified atom stereocenters. The van der Waals surface area contributed by atoms with E-state index in [1.165, 1.54) is 12.1 Å². The van der Waals surface area contributed by atoms with Crippen molar-refractivity contribution in [1.82, 2.24) is 14.4 Å². The van der Waals surface area contributed by atoms with Crippen LogP contribution in [0.1, 0.15) is 65.0 Å². The van der Waals surface area contributed by atoms with Crippen molar-refractivity contribution in [1.29, 1.82) is 0 Å². The minimum absolute atomic E-state index is 0.0571. The summed E-state index contributed by atoms with van der Waals surface area (Å²) in [4.78, 5) is 29.2. The molecule has 2 aromatic heterocycles. The number of nitrogens with zero attached hydrogens (tertiary/aromatic N) is 3. The number of halogens is 1. The predicted octanol–water partition coefficient (Wildman–Crippen LogP) is 4.95. The zero-order chi connectivity index (χ0) is 23.2. The van der Waals surface area contributed by atoms with Crippen molar-refractivity contribution in [2.24, 2.45) is 0 Å². The first-order valence-corrected chi connectivity index (χ1v) is 11.6. The molecular formula is C26H30FN3O3. The van der Waals surface area contributed by atoms with E-state index in [0.717, 1.165) is 44.5 Å². The van der Waals surface area contributed by atoms with Gasteiger partial charge in [0.05, 0.1) is 18.7 Å². The van der Waals surface area contributed by atoms with Crippen molar-refractivity contribution in [3.05, 3.63) is 83.3 Å². The van der Waals surface area contributed by atoms with E-state index >= 15 is 0 Å². The fraction of sp³-hybridized carbons (Fsp3) is 0.385. The van der Waals surface area contributed by atoms with Gasteiger partial charge in [0.1, 0.15) is 11.6 Å². The van der Waals surface area contributed by atoms with Crippen molar-refractivity contribution in [3.8, 4) is 0 Å². The Morgan fingerprint density at radius 1 is 1.03 bits per heavy atom. The van der Waals surface area contributed by atoms with Crippen LogP contribution in [0.15, 0.2) is 59.1 Å². The maximum Gasteiger partial charge on any atom is 0.289 e. The summed E-state index contributed by atoms with van der Waals surface area (Å²) in [6.07, 6.45) is 5.92. The number of piperidine rings is 1. The van der Waals surface area contributed by atoms with Crippen molar-refractivity contribution < 1.29 is 18.4 Å². The van der Waals surface area contributed by atoms with Gasteiger partial charge in [-0.05, 0) is 62.1 Å². The second-order valence-corrected chi connectivity index (χ2v) is 8.45. The third-order valence-corrected chi connectivity index (χ3v) is 6.00. The van der Waals surface area contributed by atoms with Crippen molar-refractivity contribution in [2.75, 3.05) is 19.6 Å². The van der Waals surface area contributed by atoms with Crippen LogP contribution in [-0.4, -0.2) is 45.8 Å². The summed E-state index contributed by atoms with van der Waals surface area (Å²) in [6, 6.07) is 13.5. The Bertz CT molecular complexity index is 1100. The van der Waals surface area contributed by atoms with Gasteiger partial charge in [-0.3, -0.25) is 9.59 Å². The third-order valence-electron chi connectivity index (χ3n) is 6.00. The molecule has 0 spiro atoms. The fourth-order valence-electron chi connectivity index (χ4n) is 4.27. The molecule has 0 atom stereocenters. The van der Waals surface area contributed by atoms with Gasteiger partial charge in [0, 0.05) is 31.5 Å². The molecule has 7 heteroatoms. The highest BCUT2D eigenvalue weighted by atomic mass is 19.1. The number of benzene rings is 1. The zero-order valence-electron chi connectivity index (χ0n) is 19.0. The van der Waals surface area contributed by atoms with Gasteiger partial charge in [0.15, 0.2) is 5.76 Å². The van der Waals surface area contributed by atoms with Gasteiger partial charge in [-0.2, -0.15) is 0 Å². The van der Waals surface area contributed by atoms with E-state index in [2.05, 4.69) is 0 Å². The Balaban J connectivity index is 1.46. The van der Waals surface area contributed by atoms with Crippen molar-refractivity contribution >= 4 is 11.8 Å². The van der Waals surface area contributed by atoms with Crippen LogP contribution in [-0.2, 0) is 13.1 Å². The standard InChI is InChI=1S/C26H30FN3O3/c1-2-14-30(25(31)22-10-4-5-11-23(22)27)18-20-9-8-17-29(20)19-21-12-13-24(33-21)26(32)28-15-6-3-7-16-28/h4-5,8-13,17H,2-3,6-7,14-16,18-19H2,1H3. The number of rotatable bonds is 8. The summed E-state index contributed by atoms with van der Waals surface area (Å²) < 4.78 is 22.1. The molecule has 0 radical (unpaired) electrons. The van der Waals surface area contributed by atoms with Gasteiger partial charge in [-0.1, -0.05) is 19.1 Å². The molecule has 1 fully saturated rings. The molecule has 1 aromatic carbocycles. The second kappa shape index (κ2) is 10.5. The Labute approximate surface area is 193 Å². The van der Waals surface area contributed by atoms with Gasteiger partial charge < -0.3 is 18.8 Å². The minimum atomic E-state index is -0.513. The molecule has 3 heterocycles. The normalized spacial score (nSPS) is 13.8. The number of furan rings is 1. The van der Waals surface area contributed by atoms with Crippen LogP contribution < -0.4 is 0 Å². The van der Waals surface area contributed by atoms with Gasteiger partial charge in [-0.25, -0.2) is 4.39 Å². The van der Waals surface area contributed by atoms with Gasteiger partial charge >= 0.3 is 0 Å². The minimum Gasteiger partial charge on any atom is -0.454 e. The fourth-order valence-corrected chi connectivity index (χ4v) is 4.27. The molecule has 1 aliphatic heterocycles. The Hall–Kier alpha value is -3.35. The van der Waals surface area contributed by atoms with E-state index in [-0.39, 0.29) is 17.4 Å². The van der Waals surface area contributed by atoms with E-state index < -0.39 is 5.82 Å². The summed E-state index contributed by atoms with van der Waals surface area (Å²) in [5, 5.41) is 0. The van der Waals surface area contributed by atoms with E-state index in [1.807, 2.05) is 40.8 Å². The first kappa shape index (κ1) is 22.8. The Morgan fingerprint density at radius 2 is 1.82 bits per heavy atom. The summed E-state index contributed by atoms with van der Waals surface area (Å²) in [7, 11) is 0. The largest absolute Gasteiger partial charge is 0.454 e. The molecule has 174 valence electrons. The molecule has 6 nitrogen and oxygen atoms in total. The molecule has 0 N–H and O–H groups in total. The van der Waals surface area contributed by atoms with Crippen molar-refractivity contribution in [3.63, 3.8) is 0 Å². The molecule has 1 aliphatic rings. The van der Waals surface area contributed by atoms with Crippen LogP contribution in [0.5, 0.6) is 0 Å². The molecule has 4 rings (SSSR count). The zero-order valence-corrected chi connectivity index (χ0v) is 19.0. The molecule has 0 bridgehead atoms. The lowest BCUT2D eigenvalue weighted by Gasteiger charge is -2.25. The molecule has 0 saturated carbocycles. The number of hydrogen-bond donors (Lipinski definition) is 0. The van der Waals surface area contributed by atoms with E-state index in [1.54, 1.807) is 23.1 Å². The number of carbonyl (C=O) groups excluding carboxylic acids is 2. The smallest absolute Gasteiger partial charge is 0.289 e. The molecule has 0 aliphatic carbocycles. The van der Waals surface area contributed by atoms with Crippen LogP contribution in [0.2, 0.25) is 0 Å². The third kappa shape index (κ3) is 5.35. The van der Waals surface area contributed by atoms with Crippen LogP contribution in [0.4, 0.5) is 4.39 Å². The highest BCUT2D eigenvalue weighted by Gasteiger charge is 2.22. The highest BCUT2D eigenvalue weighted by molar-refractivity contribution is 5.94. The topological polar surface area (TPSA) is 58.7 Å². The number of hydrogen-bond acceptors (Lipinski definition) is 3. The molecule has 3 aromatic rings. The average Bonchev–Trinajstić information content (AvgIpc) is 3.49. The molecular weight excluding hydrogens is 421 g/mol. The SMILES string of the molecule is CCCN(Cc1cccn1Cc1ccc(C(=O)N2CCCCC2)o1)C(=O)c1ccccc1F. The van der Waals surface area contributed by atoms with Crippen molar-refractivity contribution in [2.45, 2.75) is 45.7 Å². The summed E-state index contributed by atoms with van der Waals surface area (Å²) in [5.74, 6) is 0.145. The highest BCUT2D eigenvalue weighted by Crippen LogP contribution is 2.19. The van der Waals surface area contributed by atoms with Crippen LogP contribution in [0, 0.1) is 5.82 Å². The first-order chi connectivity index (χ1) is 16.1. The lowest BCUT2D eigenvalue weighted by atomic mass is 10.1. The number of carbonyl (C=O) groups is 2. The predicted molar refractivity (Wildman–Crippen MR) is 123 cm³/mol. The van der Waals surface area contributed by atoms with Crippen LogP contribution >= 0.6 is 0 Å². The van der Waals surface area contributed by atoms with Gasteiger partial charge in [0.25, 0.3) is 11.8 Å². The monoisotopic (exact) mass is 451 g/mol. The van der Waals surface area contributed by atoms with E-state index in [0.29, 0.717) is 31.2 Å². The number of amides is 2. The average molecular weight is 452 g/mol. The second-order valence-electron chi connectivity index (χ2n) is 8.45. The Kier molecular flexibility index (Phi) is 7.27. The molecule has 1 saturated heterocycles. The maximum atomic E-state index is 14.2. The maximum absolute atomic E-state index is 14.2. The van der Waals surface area contributed by atoms with E-state index in [9.17, 15) is 14.0 Å². The summed E-state index contributed by atoms with van der Waals surface area (Å²) in [6.45, 7) is 4.87.